The lowest BCUT2D eigenvalue weighted by molar-refractivity contribution is -0.0172. The second kappa shape index (κ2) is 4.04. The van der Waals surface area contributed by atoms with Crippen LogP contribution < -0.4 is 0 Å². The molecule has 1 aliphatic heterocycles. The molecule has 1 fully saturated rings. The Morgan fingerprint density at radius 1 is 1.73 bits per heavy atom. The Morgan fingerprint density at radius 3 is 3.00 bits per heavy atom. The molecule has 0 aromatic heterocycles. The molecule has 11 heavy (non-hydrogen) atoms. The largest absolute Gasteiger partial charge is 0.392 e. The Labute approximate surface area is 68.0 Å². The highest BCUT2D eigenvalue weighted by molar-refractivity contribution is 4.72. The highest BCUT2D eigenvalue weighted by atomic mass is 16.5. The van der Waals surface area contributed by atoms with Crippen molar-refractivity contribution in [1.82, 2.24) is 4.90 Å². The fourth-order valence-electron chi connectivity index (χ4n) is 1.37. The van der Waals surface area contributed by atoms with Gasteiger partial charge in [-0.3, -0.25) is 4.90 Å². The van der Waals surface area contributed by atoms with Crippen LogP contribution in [0.1, 0.15) is 13.8 Å². The molecule has 1 saturated heterocycles. The fourth-order valence-corrected chi connectivity index (χ4v) is 1.37. The van der Waals surface area contributed by atoms with Gasteiger partial charge in [-0.15, -0.1) is 0 Å². The summed E-state index contributed by atoms with van der Waals surface area (Å²) >= 11 is 0. The van der Waals surface area contributed by atoms with Crippen molar-refractivity contribution in [1.29, 1.82) is 0 Å². The van der Waals surface area contributed by atoms with Crippen LogP contribution in [0.25, 0.3) is 0 Å². The minimum Gasteiger partial charge on any atom is -0.392 e. The van der Waals surface area contributed by atoms with Crippen LogP contribution in [0.3, 0.4) is 0 Å². The maximum atomic E-state index is 9.14. The summed E-state index contributed by atoms with van der Waals surface area (Å²) in [5.41, 5.74) is 0. The molecule has 66 valence electrons. The lowest BCUT2D eigenvalue weighted by Crippen LogP contribution is -2.46. The molecule has 0 saturated carbocycles. The van der Waals surface area contributed by atoms with Crippen molar-refractivity contribution in [3.63, 3.8) is 0 Å². The predicted octanol–water partition coefficient (Wildman–Crippen LogP) is 0.0879. The van der Waals surface area contributed by atoms with Crippen LogP contribution in [0.15, 0.2) is 0 Å². The maximum Gasteiger partial charge on any atom is 0.0639 e. The smallest absolute Gasteiger partial charge is 0.0639 e. The Bertz CT molecular complexity index is 117. The quantitative estimate of drug-likeness (QED) is 0.619. The van der Waals surface area contributed by atoms with E-state index in [0.717, 1.165) is 26.3 Å². The summed E-state index contributed by atoms with van der Waals surface area (Å²) in [6.45, 7) is 7.27. The van der Waals surface area contributed by atoms with Gasteiger partial charge >= 0.3 is 0 Å². The minimum absolute atomic E-state index is 0.226. The van der Waals surface area contributed by atoms with Crippen LogP contribution in [0.2, 0.25) is 0 Å². The van der Waals surface area contributed by atoms with E-state index >= 15 is 0 Å². The number of β-amino-alcohol motifs (C(OH)–C–C–N with tert-alkyl or cyclic N) is 1. The highest BCUT2D eigenvalue weighted by Crippen LogP contribution is 2.06. The molecule has 1 rings (SSSR count). The molecule has 1 N–H and O–H groups in total. The molecule has 0 aromatic carbocycles. The van der Waals surface area contributed by atoms with Crippen LogP contribution >= 0.6 is 0 Å². The van der Waals surface area contributed by atoms with Crippen molar-refractivity contribution >= 4 is 0 Å². The highest BCUT2D eigenvalue weighted by Gasteiger charge is 2.19. The Morgan fingerprint density at radius 2 is 2.45 bits per heavy atom. The number of rotatable bonds is 2. The summed E-state index contributed by atoms with van der Waals surface area (Å²) in [5.74, 6) is 0. The van der Waals surface area contributed by atoms with Crippen LogP contribution in [0.5, 0.6) is 0 Å². The van der Waals surface area contributed by atoms with Crippen molar-refractivity contribution in [2.24, 2.45) is 0 Å². The summed E-state index contributed by atoms with van der Waals surface area (Å²) in [6, 6.07) is 0.457. The van der Waals surface area contributed by atoms with Crippen molar-refractivity contribution < 1.29 is 9.84 Å². The van der Waals surface area contributed by atoms with E-state index in [4.69, 9.17) is 9.84 Å². The van der Waals surface area contributed by atoms with Gasteiger partial charge in [-0.25, -0.2) is 0 Å². The number of morpholine rings is 1. The number of ether oxygens (including phenoxy) is 1. The van der Waals surface area contributed by atoms with Gasteiger partial charge in [0.25, 0.3) is 0 Å². The van der Waals surface area contributed by atoms with E-state index in [0.29, 0.717) is 6.04 Å². The van der Waals surface area contributed by atoms with Crippen LogP contribution in [0.4, 0.5) is 0 Å². The van der Waals surface area contributed by atoms with Gasteiger partial charge in [0.05, 0.1) is 19.3 Å². The number of nitrogens with zero attached hydrogens (tertiary/aromatic N) is 1. The Hall–Kier alpha value is -0.120. The average molecular weight is 159 g/mol. The third-order valence-corrected chi connectivity index (χ3v) is 2.00. The Kier molecular flexibility index (Phi) is 3.30. The third kappa shape index (κ3) is 2.77. The molecule has 3 nitrogen and oxygen atoms in total. The second-order valence-corrected chi connectivity index (χ2v) is 3.27. The molecule has 2 atom stereocenters. The van der Waals surface area contributed by atoms with Gasteiger partial charge in [-0.05, 0) is 13.8 Å². The van der Waals surface area contributed by atoms with E-state index in [9.17, 15) is 0 Å². The van der Waals surface area contributed by atoms with Crippen LogP contribution in [0, 0.1) is 0 Å². The number of aliphatic hydroxyl groups is 1. The molecule has 1 aliphatic rings. The van der Waals surface area contributed by atoms with Crippen molar-refractivity contribution in [2.75, 3.05) is 26.3 Å². The van der Waals surface area contributed by atoms with E-state index in [1.807, 2.05) is 6.92 Å². The number of hydrogen-bond donors (Lipinski definition) is 1. The summed E-state index contributed by atoms with van der Waals surface area (Å²) < 4.78 is 5.27. The first-order valence-corrected chi connectivity index (χ1v) is 4.20. The van der Waals surface area contributed by atoms with E-state index in [1.165, 1.54) is 0 Å². The zero-order valence-corrected chi connectivity index (χ0v) is 7.29. The molecule has 0 aliphatic carbocycles. The van der Waals surface area contributed by atoms with Crippen molar-refractivity contribution in [2.45, 2.75) is 26.0 Å². The third-order valence-electron chi connectivity index (χ3n) is 2.00. The van der Waals surface area contributed by atoms with Gasteiger partial charge in [0, 0.05) is 19.1 Å². The van der Waals surface area contributed by atoms with Crippen LogP contribution in [-0.2, 0) is 4.74 Å². The number of aliphatic hydroxyl groups excluding tert-OH is 1. The standard InChI is InChI=1S/C8H17NO2/c1-7-6-11-4-3-9(7)5-8(2)10/h7-8,10H,3-6H2,1-2H3/t7?,8-/m0/s1. The molecular weight excluding hydrogens is 142 g/mol. The van der Waals surface area contributed by atoms with E-state index in [1.54, 1.807) is 0 Å². The summed E-state index contributed by atoms with van der Waals surface area (Å²) in [7, 11) is 0. The normalized spacial score (nSPS) is 30.3. The molecular formula is C8H17NO2. The van der Waals surface area contributed by atoms with Gasteiger partial charge < -0.3 is 9.84 Å². The van der Waals surface area contributed by atoms with Gasteiger partial charge in [0.1, 0.15) is 0 Å². The summed E-state index contributed by atoms with van der Waals surface area (Å²) in [4.78, 5) is 2.26. The monoisotopic (exact) mass is 159 g/mol. The van der Waals surface area contributed by atoms with E-state index in [-0.39, 0.29) is 6.10 Å². The first-order chi connectivity index (χ1) is 5.20. The molecule has 3 heteroatoms. The summed E-state index contributed by atoms with van der Waals surface area (Å²) in [6.07, 6.45) is -0.226. The van der Waals surface area contributed by atoms with E-state index < -0.39 is 0 Å². The van der Waals surface area contributed by atoms with E-state index in [2.05, 4.69) is 11.8 Å². The first-order valence-electron chi connectivity index (χ1n) is 4.20. The molecule has 0 bridgehead atoms. The molecule has 0 spiro atoms. The van der Waals surface area contributed by atoms with Crippen LogP contribution in [-0.4, -0.2) is 48.5 Å². The topological polar surface area (TPSA) is 32.7 Å². The second-order valence-electron chi connectivity index (χ2n) is 3.27. The molecule has 0 aromatic rings. The number of hydrogen-bond acceptors (Lipinski definition) is 3. The van der Waals surface area contributed by atoms with Gasteiger partial charge in [0.15, 0.2) is 0 Å². The first kappa shape index (κ1) is 8.97. The average Bonchev–Trinajstić information content (AvgIpc) is 1.93. The summed E-state index contributed by atoms with van der Waals surface area (Å²) in [5, 5.41) is 9.14. The maximum absolute atomic E-state index is 9.14. The minimum atomic E-state index is -0.226. The molecule has 0 radical (unpaired) electrons. The zero-order chi connectivity index (χ0) is 8.27. The zero-order valence-electron chi connectivity index (χ0n) is 7.29. The lowest BCUT2D eigenvalue weighted by atomic mass is 10.2. The predicted molar refractivity (Wildman–Crippen MR) is 43.5 cm³/mol. The fraction of sp³-hybridized carbons (Fsp3) is 1.00. The van der Waals surface area contributed by atoms with Crippen molar-refractivity contribution in [3.05, 3.63) is 0 Å². The molecule has 0 amide bonds. The Balaban J connectivity index is 2.29. The SMILES string of the molecule is CC1COCCN1C[C@H](C)O. The molecule has 1 unspecified atom stereocenters. The van der Waals surface area contributed by atoms with Gasteiger partial charge in [-0.2, -0.15) is 0 Å². The molecule has 1 heterocycles. The van der Waals surface area contributed by atoms with Crippen molar-refractivity contribution in [3.8, 4) is 0 Å². The van der Waals surface area contributed by atoms with Gasteiger partial charge in [0.2, 0.25) is 0 Å². The lowest BCUT2D eigenvalue weighted by Gasteiger charge is -2.33. The van der Waals surface area contributed by atoms with Gasteiger partial charge in [-0.1, -0.05) is 0 Å².